The summed E-state index contributed by atoms with van der Waals surface area (Å²) in [5, 5.41) is 7.89. The van der Waals surface area contributed by atoms with Crippen LogP contribution in [0.2, 0.25) is 0 Å². The summed E-state index contributed by atoms with van der Waals surface area (Å²) in [5.41, 5.74) is 1.27. The van der Waals surface area contributed by atoms with E-state index in [1.165, 1.54) is 12.1 Å². The Balaban J connectivity index is 2.11. The molecule has 7 heteroatoms. The summed E-state index contributed by atoms with van der Waals surface area (Å²) in [6.45, 7) is 2.93. The third-order valence-corrected chi connectivity index (χ3v) is 4.29. The first-order chi connectivity index (χ1) is 9.38. The Morgan fingerprint density at radius 1 is 1.35 bits per heavy atom. The van der Waals surface area contributed by atoms with E-state index in [4.69, 9.17) is 9.88 Å². The summed E-state index contributed by atoms with van der Waals surface area (Å²) in [7, 11) is -3.72. The summed E-state index contributed by atoms with van der Waals surface area (Å²) in [4.78, 5) is 12.1. The van der Waals surface area contributed by atoms with Crippen molar-refractivity contribution in [1.29, 1.82) is 0 Å². The van der Waals surface area contributed by atoms with E-state index in [9.17, 15) is 13.2 Å². The first-order valence-corrected chi connectivity index (χ1v) is 7.94. The van der Waals surface area contributed by atoms with Gasteiger partial charge in [0, 0.05) is 24.8 Å². The number of aryl methyl sites for hydroxylation is 1. The van der Waals surface area contributed by atoms with Crippen molar-refractivity contribution in [3.8, 4) is 0 Å². The molecule has 1 aromatic rings. The van der Waals surface area contributed by atoms with Crippen LogP contribution in [0.4, 0.5) is 5.69 Å². The molecule has 0 bridgehead atoms. The molecule has 0 atom stereocenters. The Kier molecular flexibility index (Phi) is 4.42. The lowest BCUT2D eigenvalue weighted by Crippen LogP contribution is -2.28. The zero-order valence-corrected chi connectivity index (χ0v) is 12.1. The van der Waals surface area contributed by atoms with Gasteiger partial charge in [0.05, 0.1) is 4.90 Å². The standard InChI is InChI=1S/C13H18N2O4S/c1-9-8-11(20(14,17)18)2-3-12(9)15-13(16)10-4-6-19-7-5-10/h2-3,8,10H,4-7H2,1H3,(H,15,16)(H2,14,17,18). The number of carbonyl (C=O) groups is 1. The second kappa shape index (κ2) is 5.90. The number of carbonyl (C=O) groups excluding carboxylic acids is 1. The Hall–Kier alpha value is -1.44. The highest BCUT2D eigenvalue weighted by Gasteiger charge is 2.22. The first-order valence-electron chi connectivity index (χ1n) is 6.40. The molecule has 1 aliphatic rings. The smallest absolute Gasteiger partial charge is 0.238 e. The summed E-state index contributed by atoms with van der Waals surface area (Å²) >= 11 is 0. The van der Waals surface area contributed by atoms with Gasteiger partial charge in [-0.25, -0.2) is 13.6 Å². The molecule has 2 rings (SSSR count). The van der Waals surface area contributed by atoms with Gasteiger partial charge in [-0.15, -0.1) is 0 Å². The monoisotopic (exact) mass is 298 g/mol. The number of ether oxygens (including phenoxy) is 1. The molecule has 1 fully saturated rings. The van der Waals surface area contributed by atoms with Crippen molar-refractivity contribution in [2.75, 3.05) is 18.5 Å². The maximum absolute atomic E-state index is 12.1. The summed E-state index contributed by atoms with van der Waals surface area (Å²) in [6.07, 6.45) is 1.42. The lowest BCUT2D eigenvalue weighted by molar-refractivity contribution is -0.122. The zero-order chi connectivity index (χ0) is 14.8. The average molecular weight is 298 g/mol. The van der Waals surface area contributed by atoms with Gasteiger partial charge in [0.1, 0.15) is 0 Å². The Bertz CT molecular complexity index is 607. The normalized spacial score (nSPS) is 16.9. The summed E-state index contributed by atoms with van der Waals surface area (Å²) in [5.74, 6) is -0.110. The van der Waals surface area contributed by atoms with Crippen LogP contribution in [-0.2, 0) is 19.6 Å². The summed E-state index contributed by atoms with van der Waals surface area (Å²) < 4.78 is 27.7. The minimum absolute atomic E-state index is 0.0408. The van der Waals surface area contributed by atoms with Crippen LogP contribution in [0.25, 0.3) is 0 Å². The molecule has 0 radical (unpaired) electrons. The summed E-state index contributed by atoms with van der Waals surface area (Å²) in [6, 6.07) is 4.41. The van der Waals surface area contributed by atoms with E-state index >= 15 is 0 Å². The number of nitrogens with two attached hydrogens (primary N) is 1. The number of anilines is 1. The molecule has 6 nitrogen and oxygen atoms in total. The number of primary sulfonamides is 1. The fourth-order valence-electron chi connectivity index (χ4n) is 2.15. The van der Waals surface area contributed by atoms with Crippen LogP contribution in [0, 0.1) is 12.8 Å². The van der Waals surface area contributed by atoms with Crippen molar-refractivity contribution in [3.63, 3.8) is 0 Å². The number of sulfonamides is 1. The van der Waals surface area contributed by atoms with E-state index in [0.717, 1.165) is 0 Å². The van der Waals surface area contributed by atoms with Crippen LogP contribution < -0.4 is 10.5 Å². The molecule has 20 heavy (non-hydrogen) atoms. The van der Waals surface area contributed by atoms with Crippen molar-refractivity contribution in [2.24, 2.45) is 11.1 Å². The highest BCUT2D eigenvalue weighted by molar-refractivity contribution is 7.89. The predicted octanol–water partition coefficient (Wildman–Crippen LogP) is 1.01. The Labute approximate surface area is 118 Å². The van der Waals surface area contributed by atoms with Gasteiger partial charge in [-0.1, -0.05) is 0 Å². The molecule has 0 spiro atoms. The molecule has 1 aliphatic heterocycles. The Morgan fingerprint density at radius 2 is 2.00 bits per heavy atom. The number of hydrogen-bond donors (Lipinski definition) is 2. The second-order valence-electron chi connectivity index (χ2n) is 4.90. The number of nitrogens with one attached hydrogen (secondary N) is 1. The minimum atomic E-state index is -3.72. The second-order valence-corrected chi connectivity index (χ2v) is 6.46. The van der Waals surface area contributed by atoms with E-state index in [1.807, 2.05) is 0 Å². The molecule has 110 valence electrons. The fourth-order valence-corrected chi connectivity index (χ4v) is 2.75. The molecule has 0 aliphatic carbocycles. The minimum Gasteiger partial charge on any atom is -0.381 e. The zero-order valence-electron chi connectivity index (χ0n) is 11.3. The van der Waals surface area contributed by atoms with Crippen LogP contribution in [0.5, 0.6) is 0 Å². The van der Waals surface area contributed by atoms with Crippen molar-refractivity contribution in [3.05, 3.63) is 23.8 Å². The Morgan fingerprint density at radius 3 is 2.55 bits per heavy atom. The van der Waals surface area contributed by atoms with Crippen molar-refractivity contribution >= 4 is 21.6 Å². The van der Waals surface area contributed by atoms with Crippen LogP contribution in [-0.4, -0.2) is 27.5 Å². The molecule has 1 saturated heterocycles. The van der Waals surface area contributed by atoms with Gasteiger partial charge in [-0.2, -0.15) is 0 Å². The number of benzene rings is 1. The van der Waals surface area contributed by atoms with Gasteiger partial charge in [0.15, 0.2) is 0 Å². The van der Waals surface area contributed by atoms with Crippen molar-refractivity contribution < 1.29 is 17.9 Å². The lowest BCUT2D eigenvalue weighted by Gasteiger charge is -2.21. The van der Waals surface area contributed by atoms with Gasteiger partial charge in [0.2, 0.25) is 15.9 Å². The molecule has 1 amide bonds. The van der Waals surface area contributed by atoms with Gasteiger partial charge in [-0.3, -0.25) is 4.79 Å². The molecular formula is C13H18N2O4S. The first kappa shape index (κ1) is 15.0. The largest absolute Gasteiger partial charge is 0.381 e. The topological polar surface area (TPSA) is 98.5 Å². The van der Waals surface area contributed by atoms with Crippen molar-refractivity contribution in [1.82, 2.24) is 0 Å². The fraction of sp³-hybridized carbons (Fsp3) is 0.462. The number of amides is 1. The molecule has 0 unspecified atom stereocenters. The highest BCUT2D eigenvalue weighted by Crippen LogP contribution is 2.22. The van der Waals surface area contributed by atoms with E-state index in [2.05, 4.69) is 5.32 Å². The van der Waals surface area contributed by atoms with E-state index in [1.54, 1.807) is 13.0 Å². The maximum atomic E-state index is 12.1. The van der Waals surface area contributed by atoms with Crippen LogP contribution in [0.15, 0.2) is 23.1 Å². The van der Waals surface area contributed by atoms with E-state index in [0.29, 0.717) is 37.3 Å². The van der Waals surface area contributed by atoms with Gasteiger partial charge in [0.25, 0.3) is 0 Å². The predicted molar refractivity (Wildman–Crippen MR) is 74.7 cm³/mol. The quantitative estimate of drug-likeness (QED) is 0.870. The van der Waals surface area contributed by atoms with Gasteiger partial charge in [-0.05, 0) is 43.5 Å². The van der Waals surface area contributed by atoms with E-state index in [-0.39, 0.29) is 16.7 Å². The van der Waals surface area contributed by atoms with Crippen LogP contribution >= 0.6 is 0 Å². The maximum Gasteiger partial charge on any atom is 0.238 e. The molecule has 0 saturated carbocycles. The SMILES string of the molecule is Cc1cc(S(N)(=O)=O)ccc1NC(=O)C1CCOCC1. The average Bonchev–Trinajstić information content (AvgIpc) is 2.41. The van der Waals surface area contributed by atoms with E-state index < -0.39 is 10.0 Å². The highest BCUT2D eigenvalue weighted by atomic mass is 32.2. The van der Waals surface area contributed by atoms with Crippen LogP contribution in [0.3, 0.4) is 0 Å². The van der Waals surface area contributed by atoms with Crippen molar-refractivity contribution in [2.45, 2.75) is 24.7 Å². The third kappa shape index (κ3) is 3.56. The molecule has 1 aromatic carbocycles. The lowest BCUT2D eigenvalue weighted by atomic mass is 9.99. The molecular weight excluding hydrogens is 280 g/mol. The number of rotatable bonds is 3. The molecule has 0 aromatic heterocycles. The van der Waals surface area contributed by atoms with Gasteiger partial charge >= 0.3 is 0 Å². The number of hydrogen-bond acceptors (Lipinski definition) is 4. The molecule has 3 N–H and O–H groups in total. The molecule has 1 heterocycles. The van der Waals surface area contributed by atoms with Gasteiger partial charge < -0.3 is 10.1 Å². The van der Waals surface area contributed by atoms with Crippen LogP contribution in [0.1, 0.15) is 18.4 Å². The third-order valence-electron chi connectivity index (χ3n) is 3.38.